The van der Waals surface area contributed by atoms with E-state index in [0.717, 1.165) is 33.5 Å². The zero-order valence-electron chi connectivity index (χ0n) is 11.1. The average Bonchev–Trinajstić information content (AvgIpc) is 2.44. The number of benzene rings is 2. The topological polar surface area (TPSA) is 12.0 Å². The van der Waals surface area contributed by atoms with Gasteiger partial charge in [0.05, 0.1) is 6.04 Å². The molecule has 1 nitrogen and oxygen atoms in total. The summed E-state index contributed by atoms with van der Waals surface area (Å²) in [4.78, 5) is 1.32. The Labute approximate surface area is 133 Å². The molecule has 1 atom stereocenters. The van der Waals surface area contributed by atoms with Gasteiger partial charge in [-0.2, -0.15) is 0 Å². The van der Waals surface area contributed by atoms with Crippen molar-refractivity contribution in [2.24, 2.45) is 0 Å². The largest absolute Gasteiger partial charge is 0.378 e. The molecule has 0 aliphatic carbocycles. The van der Waals surface area contributed by atoms with E-state index < -0.39 is 0 Å². The lowest BCUT2D eigenvalue weighted by Crippen LogP contribution is -2.16. The molecule has 1 aliphatic rings. The molecule has 1 N–H and O–H groups in total. The standard InChI is InChI=1S/C16H15Cl2NS/c1-10-13(18)3-2-4-14(10)19-15-7-8-20-16-6-5-11(17)9-12(15)16/h2-6,9,15,19H,7-8H2,1H3. The quantitative estimate of drug-likeness (QED) is 0.732. The van der Waals surface area contributed by atoms with E-state index in [1.807, 2.05) is 36.9 Å². The molecule has 3 rings (SSSR count). The molecule has 0 amide bonds. The van der Waals surface area contributed by atoms with Crippen LogP contribution in [-0.2, 0) is 0 Å². The predicted octanol–water partition coefficient (Wildman–Crippen LogP) is 5.95. The van der Waals surface area contributed by atoms with Crippen LogP contribution in [0.2, 0.25) is 10.0 Å². The Kier molecular flexibility index (Phi) is 4.16. The van der Waals surface area contributed by atoms with E-state index in [4.69, 9.17) is 23.2 Å². The second-order valence-corrected chi connectivity index (χ2v) is 6.91. The molecule has 0 radical (unpaired) electrons. The molecular formula is C16H15Cl2NS. The van der Waals surface area contributed by atoms with E-state index in [9.17, 15) is 0 Å². The summed E-state index contributed by atoms with van der Waals surface area (Å²) in [6, 6.07) is 12.4. The van der Waals surface area contributed by atoms with Crippen LogP contribution < -0.4 is 5.32 Å². The van der Waals surface area contributed by atoms with Gasteiger partial charge in [0.25, 0.3) is 0 Å². The van der Waals surface area contributed by atoms with Gasteiger partial charge in [-0.3, -0.25) is 0 Å². The van der Waals surface area contributed by atoms with Crippen LogP contribution in [0.15, 0.2) is 41.3 Å². The van der Waals surface area contributed by atoms with Gasteiger partial charge in [0, 0.05) is 26.4 Å². The van der Waals surface area contributed by atoms with Crippen LogP contribution in [0.1, 0.15) is 23.6 Å². The molecule has 0 aromatic heterocycles. The summed E-state index contributed by atoms with van der Waals surface area (Å²) < 4.78 is 0. The second-order valence-electron chi connectivity index (χ2n) is 4.93. The van der Waals surface area contributed by atoms with E-state index in [2.05, 4.69) is 23.5 Å². The third kappa shape index (κ3) is 2.78. The van der Waals surface area contributed by atoms with Crippen molar-refractivity contribution in [1.29, 1.82) is 0 Å². The van der Waals surface area contributed by atoms with E-state index in [1.165, 1.54) is 10.5 Å². The first-order chi connectivity index (χ1) is 9.65. The van der Waals surface area contributed by atoms with Gasteiger partial charge in [0.2, 0.25) is 0 Å². The number of rotatable bonds is 2. The van der Waals surface area contributed by atoms with Crippen LogP contribution in [-0.4, -0.2) is 5.75 Å². The molecule has 0 spiro atoms. The van der Waals surface area contributed by atoms with Gasteiger partial charge in [0.1, 0.15) is 0 Å². The summed E-state index contributed by atoms with van der Waals surface area (Å²) >= 11 is 14.2. The third-order valence-corrected chi connectivity index (χ3v) is 5.38. The molecule has 104 valence electrons. The molecule has 0 saturated heterocycles. The maximum atomic E-state index is 6.19. The molecule has 0 bridgehead atoms. The fraction of sp³-hybridized carbons (Fsp3) is 0.250. The van der Waals surface area contributed by atoms with E-state index in [0.29, 0.717) is 6.04 Å². The molecule has 1 heterocycles. The first-order valence-electron chi connectivity index (χ1n) is 6.59. The minimum atomic E-state index is 0.294. The van der Waals surface area contributed by atoms with Crippen molar-refractivity contribution >= 4 is 40.7 Å². The van der Waals surface area contributed by atoms with Crippen LogP contribution in [0.5, 0.6) is 0 Å². The maximum absolute atomic E-state index is 6.19. The summed E-state index contributed by atoms with van der Waals surface area (Å²) in [5.74, 6) is 1.12. The fourth-order valence-corrected chi connectivity index (χ4v) is 3.93. The lowest BCUT2D eigenvalue weighted by molar-refractivity contribution is 0.728. The van der Waals surface area contributed by atoms with Crippen LogP contribution >= 0.6 is 35.0 Å². The van der Waals surface area contributed by atoms with E-state index in [-0.39, 0.29) is 0 Å². The van der Waals surface area contributed by atoms with Gasteiger partial charge < -0.3 is 5.32 Å². The minimum Gasteiger partial charge on any atom is -0.378 e. The minimum absolute atomic E-state index is 0.294. The highest BCUT2D eigenvalue weighted by Gasteiger charge is 2.21. The summed E-state index contributed by atoms with van der Waals surface area (Å²) in [5.41, 5.74) is 3.48. The number of halogens is 2. The van der Waals surface area contributed by atoms with Crippen molar-refractivity contribution in [3.8, 4) is 0 Å². The Bertz CT molecular complexity index is 642. The molecule has 20 heavy (non-hydrogen) atoms. The van der Waals surface area contributed by atoms with Gasteiger partial charge >= 0.3 is 0 Å². The van der Waals surface area contributed by atoms with Crippen LogP contribution in [0.25, 0.3) is 0 Å². The molecule has 4 heteroatoms. The van der Waals surface area contributed by atoms with Crippen molar-refractivity contribution in [2.45, 2.75) is 24.3 Å². The number of hydrogen-bond donors (Lipinski definition) is 1. The van der Waals surface area contributed by atoms with E-state index >= 15 is 0 Å². The lowest BCUT2D eigenvalue weighted by atomic mass is 10.0. The lowest BCUT2D eigenvalue weighted by Gasteiger charge is -2.27. The maximum Gasteiger partial charge on any atom is 0.0533 e. The number of fused-ring (bicyclic) bond motifs is 1. The van der Waals surface area contributed by atoms with Crippen molar-refractivity contribution in [3.05, 3.63) is 57.6 Å². The molecule has 2 aromatic rings. The smallest absolute Gasteiger partial charge is 0.0533 e. The number of thioether (sulfide) groups is 1. The van der Waals surface area contributed by atoms with Crippen molar-refractivity contribution in [2.75, 3.05) is 11.1 Å². The molecular weight excluding hydrogens is 309 g/mol. The normalized spacial score (nSPS) is 17.6. The average molecular weight is 324 g/mol. The highest BCUT2D eigenvalue weighted by Crippen LogP contribution is 2.39. The predicted molar refractivity (Wildman–Crippen MR) is 89.3 cm³/mol. The van der Waals surface area contributed by atoms with E-state index in [1.54, 1.807) is 0 Å². The van der Waals surface area contributed by atoms with Gasteiger partial charge in [-0.15, -0.1) is 11.8 Å². The van der Waals surface area contributed by atoms with Gasteiger partial charge in [0.15, 0.2) is 0 Å². The van der Waals surface area contributed by atoms with Crippen molar-refractivity contribution in [3.63, 3.8) is 0 Å². The molecule has 0 saturated carbocycles. The highest BCUT2D eigenvalue weighted by molar-refractivity contribution is 7.99. The zero-order chi connectivity index (χ0) is 14.1. The Morgan fingerprint density at radius 1 is 1.20 bits per heavy atom. The van der Waals surface area contributed by atoms with Gasteiger partial charge in [-0.05, 0) is 54.8 Å². The van der Waals surface area contributed by atoms with Crippen LogP contribution in [0.4, 0.5) is 5.69 Å². The van der Waals surface area contributed by atoms with Crippen molar-refractivity contribution in [1.82, 2.24) is 0 Å². The highest BCUT2D eigenvalue weighted by atomic mass is 35.5. The van der Waals surface area contributed by atoms with Gasteiger partial charge in [-0.25, -0.2) is 0 Å². The monoisotopic (exact) mass is 323 g/mol. The number of hydrogen-bond acceptors (Lipinski definition) is 2. The first-order valence-corrected chi connectivity index (χ1v) is 8.33. The fourth-order valence-electron chi connectivity index (χ4n) is 2.47. The summed E-state index contributed by atoms with van der Waals surface area (Å²) in [6.45, 7) is 2.04. The Morgan fingerprint density at radius 2 is 2.05 bits per heavy atom. The molecule has 2 aromatic carbocycles. The zero-order valence-corrected chi connectivity index (χ0v) is 13.4. The van der Waals surface area contributed by atoms with Crippen LogP contribution in [0.3, 0.4) is 0 Å². The Morgan fingerprint density at radius 3 is 2.90 bits per heavy atom. The Balaban J connectivity index is 1.93. The van der Waals surface area contributed by atoms with Gasteiger partial charge in [-0.1, -0.05) is 29.3 Å². The SMILES string of the molecule is Cc1c(Cl)cccc1NC1CCSc2ccc(Cl)cc21. The molecule has 1 unspecified atom stereocenters. The summed E-state index contributed by atoms with van der Waals surface area (Å²) in [6.07, 6.45) is 1.09. The number of anilines is 1. The third-order valence-electron chi connectivity index (χ3n) is 3.61. The first kappa shape index (κ1) is 14.1. The summed E-state index contributed by atoms with van der Waals surface area (Å²) in [5, 5.41) is 5.21. The number of nitrogens with one attached hydrogen (secondary N) is 1. The molecule has 0 fully saturated rings. The Hall–Kier alpha value is -0.830. The van der Waals surface area contributed by atoms with Crippen LogP contribution in [0, 0.1) is 6.92 Å². The second kappa shape index (κ2) is 5.88. The molecule has 1 aliphatic heterocycles. The van der Waals surface area contributed by atoms with Crippen molar-refractivity contribution < 1.29 is 0 Å². The summed E-state index contributed by atoms with van der Waals surface area (Å²) in [7, 11) is 0.